The number of rotatable bonds is 7. The van der Waals surface area contributed by atoms with E-state index in [-0.39, 0.29) is 25.5 Å². The third-order valence-electron chi connectivity index (χ3n) is 4.33. The van der Waals surface area contributed by atoms with Gasteiger partial charge < -0.3 is 14.8 Å². The molecule has 0 radical (unpaired) electrons. The number of amides is 2. The van der Waals surface area contributed by atoms with Crippen LogP contribution in [-0.2, 0) is 25.5 Å². The second-order valence-electron chi connectivity index (χ2n) is 6.43. The minimum Gasteiger partial charge on any atom is -0.491 e. The standard InChI is InChI=1S/C21H21ClN2O5/c22-16-7-5-15(6-8-16)9-11-23-19(25)14-29-21(27)13-24-17-3-1-2-4-18(17)28-12-10-20(24)26/h1-8H,9-14H2,(H,23,25). The molecule has 0 aliphatic carbocycles. The molecule has 0 saturated carbocycles. The number of para-hydroxylation sites is 2. The molecule has 2 amide bonds. The SMILES string of the molecule is O=C(COC(=O)CN1C(=O)CCOc2ccccc21)NCCc1ccc(Cl)cc1. The highest BCUT2D eigenvalue weighted by Gasteiger charge is 2.25. The van der Waals surface area contributed by atoms with E-state index < -0.39 is 18.5 Å². The monoisotopic (exact) mass is 416 g/mol. The van der Waals surface area contributed by atoms with Crippen LogP contribution in [-0.4, -0.2) is 44.1 Å². The molecule has 8 heteroatoms. The first-order valence-corrected chi connectivity index (χ1v) is 9.59. The highest BCUT2D eigenvalue weighted by atomic mass is 35.5. The fraction of sp³-hybridized carbons (Fsp3) is 0.286. The van der Waals surface area contributed by atoms with E-state index in [4.69, 9.17) is 21.1 Å². The van der Waals surface area contributed by atoms with Crippen LogP contribution >= 0.6 is 11.6 Å². The molecule has 0 unspecified atom stereocenters. The van der Waals surface area contributed by atoms with Crippen LogP contribution in [0.5, 0.6) is 5.75 Å². The summed E-state index contributed by atoms with van der Waals surface area (Å²) in [5.74, 6) is -0.772. The zero-order valence-electron chi connectivity index (χ0n) is 15.7. The van der Waals surface area contributed by atoms with Crippen LogP contribution in [0.2, 0.25) is 5.02 Å². The molecule has 29 heavy (non-hydrogen) atoms. The van der Waals surface area contributed by atoms with Crippen LogP contribution < -0.4 is 15.0 Å². The zero-order valence-corrected chi connectivity index (χ0v) is 16.5. The lowest BCUT2D eigenvalue weighted by atomic mass is 10.1. The maximum atomic E-state index is 12.3. The highest BCUT2D eigenvalue weighted by molar-refractivity contribution is 6.30. The number of nitrogens with one attached hydrogen (secondary N) is 1. The van der Waals surface area contributed by atoms with E-state index in [1.165, 1.54) is 4.90 Å². The summed E-state index contributed by atoms with van der Waals surface area (Å²) in [6.45, 7) is -0.0261. The predicted octanol–water partition coefficient (Wildman–Crippen LogP) is 2.36. The molecule has 1 aliphatic rings. The molecule has 2 aromatic rings. The Balaban J connectivity index is 1.45. The number of fused-ring (bicyclic) bond motifs is 1. The summed E-state index contributed by atoms with van der Waals surface area (Å²) in [7, 11) is 0. The molecule has 1 N–H and O–H groups in total. The molecule has 0 fully saturated rings. The largest absolute Gasteiger partial charge is 0.491 e. The number of halogens is 1. The molecule has 1 aliphatic heterocycles. The Morgan fingerprint density at radius 3 is 2.69 bits per heavy atom. The molecule has 0 saturated heterocycles. The van der Waals surface area contributed by atoms with E-state index in [9.17, 15) is 14.4 Å². The van der Waals surface area contributed by atoms with Gasteiger partial charge in [-0.15, -0.1) is 0 Å². The molecule has 3 rings (SSSR count). The Morgan fingerprint density at radius 1 is 1.14 bits per heavy atom. The van der Waals surface area contributed by atoms with Crippen LogP contribution in [0.25, 0.3) is 0 Å². The van der Waals surface area contributed by atoms with Gasteiger partial charge in [0.25, 0.3) is 5.91 Å². The number of benzene rings is 2. The lowest BCUT2D eigenvalue weighted by molar-refractivity contribution is -0.147. The Labute approximate surface area is 173 Å². The highest BCUT2D eigenvalue weighted by Crippen LogP contribution is 2.30. The van der Waals surface area contributed by atoms with E-state index in [0.29, 0.717) is 29.4 Å². The maximum Gasteiger partial charge on any atom is 0.326 e. The number of carbonyl (C=O) groups is 3. The zero-order chi connectivity index (χ0) is 20.6. The van der Waals surface area contributed by atoms with Crippen LogP contribution in [0.4, 0.5) is 5.69 Å². The van der Waals surface area contributed by atoms with Crippen LogP contribution in [0.1, 0.15) is 12.0 Å². The number of ether oxygens (including phenoxy) is 2. The molecule has 0 spiro atoms. The van der Waals surface area contributed by atoms with Gasteiger partial charge in [0.1, 0.15) is 12.3 Å². The average Bonchev–Trinajstić information content (AvgIpc) is 2.87. The van der Waals surface area contributed by atoms with Crippen molar-refractivity contribution in [3.05, 3.63) is 59.1 Å². The minimum absolute atomic E-state index is 0.160. The third-order valence-corrected chi connectivity index (χ3v) is 4.58. The quantitative estimate of drug-likeness (QED) is 0.700. The number of hydrogen-bond acceptors (Lipinski definition) is 5. The summed E-state index contributed by atoms with van der Waals surface area (Å²) in [5.41, 5.74) is 1.55. The molecule has 1 heterocycles. The Hall–Kier alpha value is -3.06. The Bertz CT molecular complexity index is 885. The topological polar surface area (TPSA) is 84.9 Å². The average molecular weight is 417 g/mol. The molecule has 0 bridgehead atoms. The van der Waals surface area contributed by atoms with Crippen LogP contribution in [0, 0.1) is 0 Å². The third kappa shape index (κ3) is 5.96. The predicted molar refractivity (Wildman–Crippen MR) is 108 cm³/mol. The van der Waals surface area contributed by atoms with Gasteiger partial charge in [-0.05, 0) is 36.2 Å². The van der Waals surface area contributed by atoms with Crippen LogP contribution in [0.3, 0.4) is 0 Å². The van der Waals surface area contributed by atoms with Crippen molar-refractivity contribution >= 4 is 35.1 Å². The van der Waals surface area contributed by atoms with Crippen molar-refractivity contribution in [1.29, 1.82) is 0 Å². The first kappa shape index (κ1) is 20.7. The van der Waals surface area contributed by atoms with E-state index >= 15 is 0 Å². The first-order valence-electron chi connectivity index (χ1n) is 9.22. The molecule has 7 nitrogen and oxygen atoms in total. The fourth-order valence-electron chi connectivity index (χ4n) is 2.86. The van der Waals surface area contributed by atoms with Crippen LogP contribution in [0.15, 0.2) is 48.5 Å². The molecular formula is C21H21ClN2O5. The van der Waals surface area contributed by atoms with Gasteiger partial charge in [0.15, 0.2) is 6.61 Å². The van der Waals surface area contributed by atoms with Crippen molar-refractivity contribution in [1.82, 2.24) is 5.32 Å². The summed E-state index contributed by atoms with van der Waals surface area (Å²) in [6.07, 6.45) is 0.795. The molecule has 0 aromatic heterocycles. The lowest BCUT2D eigenvalue weighted by Gasteiger charge is -2.20. The van der Waals surface area contributed by atoms with Crippen molar-refractivity contribution in [3.63, 3.8) is 0 Å². The van der Waals surface area contributed by atoms with Gasteiger partial charge in [-0.2, -0.15) is 0 Å². The summed E-state index contributed by atoms with van der Waals surface area (Å²) >= 11 is 5.83. The van der Waals surface area contributed by atoms with Crippen molar-refractivity contribution < 1.29 is 23.9 Å². The Kier molecular flexibility index (Phi) is 7.08. The number of nitrogens with zero attached hydrogens (tertiary/aromatic N) is 1. The normalized spacial score (nSPS) is 13.1. The summed E-state index contributed by atoms with van der Waals surface area (Å²) in [4.78, 5) is 37.7. The number of carbonyl (C=O) groups excluding carboxylic acids is 3. The van der Waals surface area contributed by atoms with E-state index in [1.54, 1.807) is 36.4 Å². The second-order valence-corrected chi connectivity index (χ2v) is 6.87. The smallest absolute Gasteiger partial charge is 0.326 e. The van der Waals surface area contributed by atoms with Gasteiger partial charge >= 0.3 is 5.97 Å². The van der Waals surface area contributed by atoms with Gasteiger partial charge in [0, 0.05) is 11.6 Å². The van der Waals surface area contributed by atoms with Gasteiger partial charge in [0.05, 0.1) is 18.7 Å². The first-order chi connectivity index (χ1) is 14.0. The molecular weight excluding hydrogens is 396 g/mol. The van der Waals surface area contributed by atoms with Gasteiger partial charge in [0.2, 0.25) is 5.91 Å². The van der Waals surface area contributed by atoms with Crippen molar-refractivity contribution in [2.24, 2.45) is 0 Å². The lowest BCUT2D eigenvalue weighted by Crippen LogP contribution is -2.37. The maximum absolute atomic E-state index is 12.3. The molecule has 152 valence electrons. The summed E-state index contributed by atoms with van der Waals surface area (Å²) in [6, 6.07) is 14.3. The van der Waals surface area contributed by atoms with Gasteiger partial charge in [-0.25, -0.2) is 0 Å². The van der Waals surface area contributed by atoms with E-state index in [0.717, 1.165) is 5.56 Å². The Morgan fingerprint density at radius 2 is 1.90 bits per heavy atom. The summed E-state index contributed by atoms with van der Waals surface area (Å²) < 4.78 is 10.6. The van der Waals surface area contributed by atoms with Gasteiger partial charge in [-0.1, -0.05) is 35.9 Å². The number of hydrogen-bond donors (Lipinski definition) is 1. The molecule has 0 atom stereocenters. The summed E-state index contributed by atoms with van der Waals surface area (Å²) in [5, 5.41) is 3.34. The number of esters is 1. The van der Waals surface area contributed by atoms with Crippen molar-refractivity contribution in [2.45, 2.75) is 12.8 Å². The van der Waals surface area contributed by atoms with E-state index in [1.807, 2.05) is 12.1 Å². The van der Waals surface area contributed by atoms with Gasteiger partial charge in [-0.3, -0.25) is 19.3 Å². The fourth-order valence-corrected chi connectivity index (χ4v) is 2.99. The minimum atomic E-state index is -0.664. The van der Waals surface area contributed by atoms with E-state index in [2.05, 4.69) is 5.32 Å². The van der Waals surface area contributed by atoms with Crippen molar-refractivity contribution in [3.8, 4) is 5.75 Å². The number of anilines is 1. The second kappa shape index (κ2) is 9.93. The van der Waals surface area contributed by atoms with Crippen molar-refractivity contribution in [2.75, 3.05) is 31.2 Å². The molecule has 2 aromatic carbocycles.